The van der Waals surface area contributed by atoms with Crippen molar-refractivity contribution in [2.45, 2.75) is 30.8 Å². The number of aromatic nitrogens is 1. The Labute approximate surface area is 147 Å². The van der Waals surface area contributed by atoms with Crippen molar-refractivity contribution < 1.29 is 14.6 Å². The maximum atomic E-state index is 12.8. The molecule has 1 aliphatic heterocycles. The van der Waals surface area contributed by atoms with Gasteiger partial charge >= 0.3 is 0 Å². The van der Waals surface area contributed by atoms with Crippen LogP contribution in [0.5, 0.6) is 5.88 Å². The molecule has 1 amide bonds. The minimum Gasteiger partial charge on any atom is -0.481 e. The quantitative estimate of drug-likeness (QED) is 0.912. The molecular formula is C20H22N2O3. The van der Waals surface area contributed by atoms with Crippen molar-refractivity contribution in [1.82, 2.24) is 9.88 Å². The predicted octanol–water partition coefficient (Wildman–Crippen LogP) is 2.18. The van der Waals surface area contributed by atoms with Gasteiger partial charge in [0.1, 0.15) is 0 Å². The molecule has 0 saturated carbocycles. The zero-order chi connectivity index (χ0) is 17.4. The third-order valence-corrected chi connectivity index (χ3v) is 5.74. The predicted molar refractivity (Wildman–Crippen MR) is 93.8 cm³/mol. The Kier molecular flexibility index (Phi) is 3.96. The van der Waals surface area contributed by atoms with E-state index in [4.69, 9.17) is 4.74 Å². The fraction of sp³-hybridized carbons (Fsp3) is 0.400. The van der Waals surface area contributed by atoms with Crippen LogP contribution in [0.1, 0.15) is 34.3 Å². The van der Waals surface area contributed by atoms with Crippen molar-refractivity contribution in [3.05, 3.63) is 59.3 Å². The van der Waals surface area contributed by atoms with Crippen LogP contribution in [0.25, 0.3) is 0 Å². The van der Waals surface area contributed by atoms with E-state index in [0.29, 0.717) is 31.0 Å². The summed E-state index contributed by atoms with van der Waals surface area (Å²) in [6.07, 6.45) is 3.53. The average Bonchev–Trinajstić information content (AvgIpc) is 2.93. The Balaban J connectivity index is 1.53. The second kappa shape index (κ2) is 6.15. The Morgan fingerprint density at radius 1 is 1.28 bits per heavy atom. The maximum absolute atomic E-state index is 12.8. The van der Waals surface area contributed by atoms with Crippen molar-refractivity contribution in [3.63, 3.8) is 0 Å². The summed E-state index contributed by atoms with van der Waals surface area (Å²) in [6, 6.07) is 11.7. The summed E-state index contributed by atoms with van der Waals surface area (Å²) in [5.41, 5.74) is 2.90. The highest BCUT2D eigenvalue weighted by atomic mass is 16.5. The van der Waals surface area contributed by atoms with Crippen molar-refractivity contribution in [3.8, 4) is 5.88 Å². The highest BCUT2D eigenvalue weighted by Gasteiger charge is 2.48. The largest absolute Gasteiger partial charge is 0.481 e. The number of carbonyl (C=O) groups is 1. The molecule has 130 valence electrons. The van der Waals surface area contributed by atoms with Crippen LogP contribution in [0.2, 0.25) is 0 Å². The van der Waals surface area contributed by atoms with E-state index in [9.17, 15) is 9.90 Å². The van der Waals surface area contributed by atoms with Crippen LogP contribution in [-0.4, -0.2) is 47.2 Å². The molecule has 1 fully saturated rings. The molecule has 1 spiro atoms. The number of likely N-dealkylation sites (tertiary alicyclic amines) is 1. The van der Waals surface area contributed by atoms with E-state index in [1.54, 1.807) is 25.4 Å². The highest BCUT2D eigenvalue weighted by molar-refractivity contribution is 5.94. The average molecular weight is 338 g/mol. The number of rotatable bonds is 2. The molecule has 0 bridgehead atoms. The summed E-state index contributed by atoms with van der Waals surface area (Å²) in [7, 11) is 1.54. The zero-order valence-corrected chi connectivity index (χ0v) is 14.3. The molecule has 2 aromatic rings. The summed E-state index contributed by atoms with van der Waals surface area (Å²) >= 11 is 0. The number of fused-ring (bicyclic) bond motifs is 2. The molecule has 1 atom stereocenters. The summed E-state index contributed by atoms with van der Waals surface area (Å²) < 4.78 is 5.11. The topological polar surface area (TPSA) is 62.7 Å². The monoisotopic (exact) mass is 338 g/mol. The molecule has 4 rings (SSSR count). The van der Waals surface area contributed by atoms with Crippen LogP contribution >= 0.6 is 0 Å². The van der Waals surface area contributed by atoms with Gasteiger partial charge in [0.05, 0.1) is 13.2 Å². The van der Waals surface area contributed by atoms with Crippen LogP contribution in [0.3, 0.4) is 0 Å². The minimum atomic E-state index is -0.358. The second-order valence-corrected chi connectivity index (χ2v) is 6.91. The number of carbonyl (C=O) groups excluding carboxylic acids is 1. The molecule has 5 nitrogen and oxygen atoms in total. The van der Waals surface area contributed by atoms with Gasteiger partial charge in [0.15, 0.2) is 0 Å². The van der Waals surface area contributed by atoms with Crippen molar-refractivity contribution in [2.75, 3.05) is 20.2 Å². The first-order valence-corrected chi connectivity index (χ1v) is 8.70. The van der Waals surface area contributed by atoms with Gasteiger partial charge in [0.25, 0.3) is 5.91 Å². The number of hydrogen-bond donors (Lipinski definition) is 1. The van der Waals surface area contributed by atoms with E-state index in [2.05, 4.69) is 17.1 Å². The van der Waals surface area contributed by atoms with E-state index in [1.165, 1.54) is 11.1 Å². The smallest absolute Gasteiger partial charge is 0.254 e. The van der Waals surface area contributed by atoms with E-state index in [0.717, 1.165) is 12.8 Å². The Hall–Kier alpha value is -2.40. The second-order valence-electron chi connectivity index (χ2n) is 6.91. The molecule has 0 unspecified atom stereocenters. The SMILES string of the molecule is COc1cc(C(=O)N2CCC3(CC2)c2ccccc2C[C@@H]3O)ccn1. The maximum Gasteiger partial charge on any atom is 0.254 e. The number of hydrogen-bond acceptors (Lipinski definition) is 4. The van der Waals surface area contributed by atoms with Crippen molar-refractivity contribution in [1.29, 1.82) is 0 Å². The number of methoxy groups -OCH3 is 1. The van der Waals surface area contributed by atoms with Crippen molar-refractivity contribution >= 4 is 5.91 Å². The zero-order valence-electron chi connectivity index (χ0n) is 14.3. The lowest BCUT2D eigenvalue weighted by atomic mass is 9.72. The number of amides is 1. The Bertz CT molecular complexity index is 797. The first kappa shape index (κ1) is 16.1. The van der Waals surface area contributed by atoms with Gasteiger partial charge in [-0.15, -0.1) is 0 Å². The molecule has 1 aliphatic carbocycles. The van der Waals surface area contributed by atoms with E-state index >= 15 is 0 Å². The van der Waals surface area contributed by atoms with Crippen LogP contribution in [0.15, 0.2) is 42.6 Å². The Morgan fingerprint density at radius 3 is 2.80 bits per heavy atom. The first-order chi connectivity index (χ1) is 12.1. The third-order valence-electron chi connectivity index (χ3n) is 5.74. The van der Waals surface area contributed by atoms with Gasteiger partial charge in [-0.1, -0.05) is 24.3 Å². The molecule has 2 heterocycles. The lowest BCUT2D eigenvalue weighted by molar-refractivity contribution is 0.0365. The summed E-state index contributed by atoms with van der Waals surface area (Å²) in [5, 5.41) is 10.7. The molecule has 1 aromatic heterocycles. The fourth-order valence-corrected chi connectivity index (χ4v) is 4.32. The number of benzene rings is 1. The summed E-state index contributed by atoms with van der Waals surface area (Å²) in [5.74, 6) is 0.441. The Morgan fingerprint density at radius 2 is 2.04 bits per heavy atom. The minimum absolute atomic E-state index is 0.00341. The fourth-order valence-electron chi connectivity index (χ4n) is 4.32. The summed E-state index contributed by atoms with van der Waals surface area (Å²) in [6.45, 7) is 1.30. The lowest BCUT2D eigenvalue weighted by Gasteiger charge is -2.42. The number of nitrogens with zero attached hydrogens (tertiary/aromatic N) is 2. The molecule has 25 heavy (non-hydrogen) atoms. The van der Waals surface area contributed by atoms with Gasteiger partial charge in [-0.25, -0.2) is 4.98 Å². The van der Waals surface area contributed by atoms with E-state index < -0.39 is 0 Å². The van der Waals surface area contributed by atoms with Gasteiger partial charge < -0.3 is 14.7 Å². The van der Waals surface area contributed by atoms with Crippen LogP contribution in [0, 0.1) is 0 Å². The normalized spacial score (nSPS) is 21.2. The van der Waals surface area contributed by atoms with E-state index in [-0.39, 0.29) is 17.4 Å². The van der Waals surface area contributed by atoms with Crippen molar-refractivity contribution in [2.24, 2.45) is 0 Å². The number of ether oxygens (including phenoxy) is 1. The molecule has 1 N–H and O–H groups in total. The third kappa shape index (κ3) is 2.59. The number of aliphatic hydroxyl groups is 1. The lowest BCUT2D eigenvalue weighted by Crippen LogP contribution is -2.49. The standard InChI is InChI=1S/C20H22N2O3/c1-25-18-13-15(6-9-21-18)19(24)22-10-7-20(8-11-22)16-5-3-2-4-14(16)12-17(20)23/h2-6,9,13,17,23H,7-8,10-12H2,1H3/t17-/m0/s1. The van der Waals surface area contributed by atoms with Gasteiger partial charge in [-0.05, 0) is 36.5 Å². The van der Waals surface area contributed by atoms with Gasteiger partial charge in [-0.2, -0.15) is 0 Å². The first-order valence-electron chi connectivity index (χ1n) is 8.70. The van der Waals surface area contributed by atoms with Gasteiger partial charge in [0.2, 0.25) is 5.88 Å². The summed E-state index contributed by atoms with van der Waals surface area (Å²) in [4.78, 5) is 18.7. The molecular weight excluding hydrogens is 316 g/mol. The molecule has 1 aromatic carbocycles. The van der Waals surface area contributed by atoms with Crippen LogP contribution in [0.4, 0.5) is 0 Å². The highest BCUT2D eigenvalue weighted by Crippen LogP contribution is 2.46. The molecule has 0 radical (unpaired) electrons. The molecule has 2 aliphatic rings. The van der Waals surface area contributed by atoms with Crippen LogP contribution < -0.4 is 4.74 Å². The van der Waals surface area contributed by atoms with Gasteiger partial charge in [-0.3, -0.25) is 4.79 Å². The number of pyridine rings is 1. The van der Waals surface area contributed by atoms with E-state index in [1.807, 2.05) is 17.0 Å². The number of aliphatic hydroxyl groups excluding tert-OH is 1. The van der Waals surface area contributed by atoms with Crippen LogP contribution in [-0.2, 0) is 11.8 Å². The number of piperidine rings is 1. The molecule has 5 heteroatoms. The molecule has 1 saturated heterocycles. The van der Waals surface area contributed by atoms with Gasteiger partial charge in [0, 0.05) is 36.3 Å².